The van der Waals surface area contributed by atoms with E-state index in [9.17, 15) is 4.79 Å². The van der Waals surface area contributed by atoms with E-state index in [1.807, 2.05) is 0 Å². The molecule has 1 amide bonds. The molecular weight excluding hydrogens is 236 g/mol. The van der Waals surface area contributed by atoms with Crippen molar-refractivity contribution in [3.05, 3.63) is 0 Å². The lowest BCUT2D eigenvalue weighted by Crippen LogP contribution is -2.42. The monoisotopic (exact) mass is 268 g/mol. The van der Waals surface area contributed by atoms with Crippen molar-refractivity contribution in [2.24, 2.45) is 11.3 Å². The van der Waals surface area contributed by atoms with Crippen molar-refractivity contribution in [2.75, 3.05) is 6.54 Å². The third kappa shape index (κ3) is 3.95. The Balaban J connectivity index is 2.83. The summed E-state index contributed by atoms with van der Waals surface area (Å²) in [6.45, 7) is 14.1. The van der Waals surface area contributed by atoms with Gasteiger partial charge in [0, 0.05) is 6.54 Å². The summed E-state index contributed by atoms with van der Waals surface area (Å²) in [4.78, 5) is 14.7. The van der Waals surface area contributed by atoms with E-state index in [4.69, 9.17) is 0 Å². The summed E-state index contributed by atoms with van der Waals surface area (Å²) in [5.74, 6) is 0.732. The first kappa shape index (κ1) is 16.5. The number of rotatable bonds is 7. The summed E-state index contributed by atoms with van der Waals surface area (Å²) in [5.41, 5.74) is 0.202. The number of amides is 1. The number of carbonyl (C=O) groups excluding carboxylic acids is 1. The van der Waals surface area contributed by atoms with Crippen LogP contribution in [0.3, 0.4) is 0 Å². The number of carbonyl (C=O) groups is 1. The molecule has 0 aromatic carbocycles. The smallest absolute Gasteiger partial charge is 0.241 e. The van der Waals surface area contributed by atoms with E-state index < -0.39 is 0 Å². The summed E-state index contributed by atoms with van der Waals surface area (Å²) >= 11 is 0. The molecule has 112 valence electrons. The fourth-order valence-electron chi connectivity index (χ4n) is 2.62. The molecule has 3 heteroatoms. The normalized spacial score (nSPS) is 26.0. The first-order valence-corrected chi connectivity index (χ1v) is 7.92. The number of nitrogens with zero attached hydrogens (tertiary/aromatic N) is 1. The molecule has 0 radical (unpaired) electrons. The highest BCUT2D eigenvalue weighted by atomic mass is 16.2. The van der Waals surface area contributed by atoms with Gasteiger partial charge in [-0.1, -0.05) is 54.4 Å². The van der Waals surface area contributed by atoms with E-state index in [1.54, 1.807) is 0 Å². The summed E-state index contributed by atoms with van der Waals surface area (Å²) in [6.07, 6.45) is 4.55. The summed E-state index contributed by atoms with van der Waals surface area (Å²) in [5, 5.41) is 3.57. The Morgan fingerprint density at radius 1 is 1.32 bits per heavy atom. The second-order valence-corrected chi connectivity index (χ2v) is 6.82. The first-order chi connectivity index (χ1) is 8.86. The molecule has 1 aliphatic rings. The molecule has 0 aromatic heterocycles. The fourth-order valence-corrected chi connectivity index (χ4v) is 2.62. The SMILES string of the molecule is CCCC1NC(C(C)CC)C(=O)N1CC(C)(C)CC. The highest BCUT2D eigenvalue weighted by Gasteiger charge is 2.41. The van der Waals surface area contributed by atoms with E-state index in [-0.39, 0.29) is 17.6 Å². The van der Waals surface area contributed by atoms with Crippen LogP contribution in [-0.4, -0.2) is 29.6 Å². The van der Waals surface area contributed by atoms with Crippen molar-refractivity contribution in [3.63, 3.8) is 0 Å². The molecule has 19 heavy (non-hydrogen) atoms. The van der Waals surface area contributed by atoms with E-state index in [0.717, 1.165) is 32.2 Å². The zero-order chi connectivity index (χ0) is 14.6. The maximum absolute atomic E-state index is 12.6. The van der Waals surface area contributed by atoms with Gasteiger partial charge in [0.2, 0.25) is 5.91 Å². The van der Waals surface area contributed by atoms with E-state index >= 15 is 0 Å². The average molecular weight is 268 g/mol. The first-order valence-electron chi connectivity index (χ1n) is 7.92. The molecule has 0 bridgehead atoms. The molecule has 1 aliphatic heterocycles. The van der Waals surface area contributed by atoms with Gasteiger partial charge in [-0.3, -0.25) is 10.1 Å². The molecule has 0 spiro atoms. The van der Waals surface area contributed by atoms with Crippen LogP contribution in [0.15, 0.2) is 0 Å². The average Bonchev–Trinajstić information content (AvgIpc) is 2.67. The molecule has 1 heterocycles. The van der Waals surface area contributed by atoms with Gasteiger partial charge in [0.05, 0.1) is 12.2 Å². The minimum atomic E-state index is 0.0224. The summed E-state index contributed by atoms with van der Waals surface area (Å²) < 4.78 is 0. The molecule has 0 aromatic rings. The minimum absolute atomic E-state index is 0.0224. The lowest BCUT2D eigenvalue weighted by atomic mass is 9.89. The van der Waals surface area contributed by atoms with Crippen molar-refractivity contribution in [1.82, 2.24) is 10.2 Å². The van der Waals surface area contributed by atoms with E-state index in [1.165, 1.54) is 0 Å². The van der Waals surface area contributed by atoms with Crippen molar-refractivity contribution in [1.29, 1.82) is 0 Å². The summed E-state index contributed by atoms with van der Waals surface area (Å²) in [6, 6.07) is 0.0224. The Bertz CT molecular complexity index is 301. The van der Waals surface area contributed by atoms with Crippen molar-refractivity contribution >= 4 is 5.91 Å². The number of hydrogen-bond acceptors (Lipinski definition) is 2. The van der Waals surface area contributed by atoms with Gasteiger partial charge in [-0.05, 0) is 24.2 Å². The summed E-state index contributed by atoms with van der Waals surface area (Å²) in [7, 11) is 0. The highest BCUT2D eigenvalue weighted by molar-refractivity contribution is 5.84. The maximum atomic E-state index is 12.6. The van der Waals surface area contributed by atoms with E-state index in [2.05, 4.69) is 51.8 Å². The van der Waals surface area contributed by atoms with Gasteiger partial charge >= 0.3 is 0 Å². The zero-order valence-corrected chi connectivity index (χ0v) is 13.6. The Labute approximate surface area is 119 Å². The van der Waals surface area contributed by atoms with Gasteiger partial charge in [0.25, 0.3) is 0 Å². The Morgan fingerprint density at radius 2 is 1.95 bits per heavy atom. The number of nitrogens with one attached hydrogen (secondary N) is 1. The molecule has 1 fully saturated rings. The topological polar surface area (TPSA) is 32.3 Å². The molecule has 3 nitrogen and oxygen atoms in total. The van der Waals surface area contributed by atoms with Crippen LogP contribution in [0.1, 0.15) is 67.2 Å². The fraction of sp³-hybridized carbons (Fsp3) is 0.938. The second-order valence-electron chi connectivity index (χ2n) is 6.82. The van der Waals surface area contributed by atoms with Crippen LogP contribution in [0.25, 0.3) is 0 Å². The van der Waals surface area contributed by atoms with Crippen LogP contribution in [0.5, 0.6) is 0 Å². The molecule has 1 N–H and O–H groups in total. The van der Waals surface area contributed by atoms with Crippen LogP contribution in [0, 0.1) is 11.3 Å². The van der Waals surface area contributed by atoms with Crippen LogP contribution >= 0.6 is 0 Å². The van der Waals surface area contributed by atoms with Gasteiger partial charge < -0.3 is 4.90 Å². The largest absolute Gasteiger partial charge is 0.325 e. The highest BCUT2D eigenvalue weighted by Crippen LogP contribution is 2.28. The minimum Gasteiger partial charge on any atom is -0.325 e. The number of hydrogen-bond donors (Lipinski definition) is 1. The quantitative estimate of drug-likeness (QED) is 0.767. The lowest BCUT2D eigenvalue weighted by molar-refractivity contribution is -0.132. The van der Waals surface area contributed by atoms with Gasteiger partial charge in [0.1, 0.15) is 0 Å². The zero-order valence-electron chi connectivity index (χ0n) is 13.6. The van der Waals surface area contributed by atoms with Gasteiger partial charge in [-0.15, -0.1) is 0 Å². The van der Waals surface area contributed by atoms with Crippen LogP contribution in [0.4, 0.5) is 0 Å². The molecule has 1 rings (SSSR count). The molecule has 3 unspecified atom stereocenters. The Morgan fingerprint density at radius 3 is 2.42 bits per heavy atom. The van der Waals surface area contributed by atoms with Crippen LogP contribution in [-0.2, 0) is 4.79 Å². The maximum Gasteiger partial charge on any atom is 0.241 e. The van der Waals surface area contributed by atoms with Crippen molar-refractivity contribution in [2.45, 2.75) is 79.4 Å². The molecule has 3 atom stereocenters. The Hall–Kier alpha value is -0.570. The third-order valence-electron chi connectivity index (χ3n) is 4.63. The molecular formula is C16H32N2O. The van der Waals surface area contributed by atoms with Crippen molar-refractivity contribution < 1.29 is 4.79 Å². The van der Waals surface area contributed by atoms with Crippen LogP contribution < -0.4 is 5.32 Å². The molecule has 0 aliphatic carbocycles. The third-order valence-corrected chi connectivity index (χ3v) is 4.63. The Kier molecular flexibility index (Phi) is 5.84. The van der Waals surface area contributed by atoms with Gasteiger partial charge in [-0.2, -0.15) is 0 Å². The van der Waals surface area contributed by atoms with Gasteiger partial charge in [-0.25, -0.2) is 0 Å². The predicted molar refractivity (Wildman–Crippen MR) is 80.9 cm³/mol. The molecule has 1 saturated heterocycles. The lowest BCUT2D eigenvalue weighted by Gasteiger charge is -2.32. The standard InChI is InChI=1S/C16H32N2O/c1-7-10-13-17-14(12(4)8-2)15(19)18(13)11-16(5,6)9-3/h12-14,17H,7-11H2,1-6H3. The molecule has 0 saturated carbocycles. The predicted octanol–water partition coefficient (Wildman–Crippen LogP) is 3.40. The second kappa shape index (κ2) is 6.74. The van der Waals surface area contributed by atoms with Crippen LogP contribution in [0.2, 0.25) is 0 Å². The van der Waals surface area contributed by atoms with Gasteiger partial charge in [0.15, 0.2) is 0 Å². The van der Waals surface area contributed by atoms with E-state index in [0.29, 0.717) is 11.8 Å². The van der Waals surface area contributed by atoms with Crippen molar-refractivity contribution in [3.8, 4) is 0 Å².